The van der Waals surface area contributed by atoms with Gasteiger partial charge in [0.25, 0.3) is 0 Å². The van der Waals surface area contributed by atoms with Crippen LogP contribution in [-0.2, 0) is 0 Å². The molecule has 0 spiro atoms. The lowest BCUT2D eigenvalue weighted by Gasteiger charge is -2.27. The van der Waals surface area contributed by atoms with E-state index < -0.39 is 0 Å². The van der Waals surface area contributed by atoms with Crippen LogP contribution >= 0.6 is 15.9 Å². The molecule has 1 atom stereocenters. The molecule has 104 valence electrons. The Labute approximate surface area is 128 Å². The summed E-state index contributed by atoms with van der Waals surface area (Å²) in [5.41, 5.74) is 3.80. The topological polar surface area (TPSA) is 24.9 Å². The van der Waals surface area contributed by atoms with E-state index in [4.69, 9.17) is 0 Å². The lowest BCUT2D eigenvalue weighted by molar-refractivity contribution is 0.419. The number of aromatic nitrogens is 1. The summed E-state index contributed by atoms with van der Waals surface area (Å²) in [5.74, 6) is 0.764. The molecule has 2 aromatic rings. The third kappa shape index (κ3) is 2.65. The highest BCUT2D eigenvalue weighted by molar-refractivity contribution is 9.10. The lowest BCUT2D eigenvalue weighted by Crippen LogP contribution is -2.20. The van der Waals surface area contributed by atoms with Crippen molar-refractivity contribution in [3.8, 4) is 0 Å². The van der Waals surface area contributed by atoms with E-state index in [1.54, 1.807) is 0 Å². The zero-order valence-electron chi connectivity index (χ0n) is 11.6. The summed E-state index contributed by atoms with van der Waals surface area (Å²) in [6, 6.07) is 13.1. The van der Waals surface area contributed by atoms with Gasteiger partial charge in [-0.2, -0.15) is 0 Å². The predicted octanol–water partition coefficient (Wildman–Crippen LogP) is 4.42. The highest BCUT2D eigenvalue weighted by Crippen LogP contribution is 2.37. The second-order valence-electron chi connectivity index (χ2n) is 5.39. The molecule has 1 fully saturated rings. The minimum Gasteiger partial charge on any atom is -0.308 e. The number of pyridine rings is 1. The van der Waals surface area contributed by atoms with Crippen molar-refractivity contribution in [3.63, 3.8) is 0 Å². The van der Waals surface area contributed by atoms with E-state index in [-0.39, 0.29) is 6.04 Å². The van der Waals surface area contributed by atoms with Gasteiger partial charge in [-0.3, -0.25) is 4.98 Å². The molecule has 1 heterocycles. The highest BCUT2D eigenvalue weighted by Gasteiger charge is 2.21. The molecule has 3 rings (SSSR count). The van der Waals surface area contributed by atoms with Gasteiger partial charge in [-0.1, -0.05) is 30.7 Å². The van der Waals surface area contributed by atoms with Crippen LogP contribution in [0.3, 0.4) is 0 Å². The van der Waals surface area contributed by atoms with Crippen molar-refractivity contribution < 1.29 is 0 Å². The van der Waals surface area contributed by atoms with Crippen molar-refractivity contribution in [3.05, 3.63) is 63.9 Å². The van der Waals surface area contributed by atoms with Crippen LogP contribution in [0.15, 0.2) is 47.1 Å². The number of nitrogens with zero attached hydrogens (tertiary/aromatic N) is 1. The van der Waals surface area contributed by atoms with Crippen molar-refractivity contribution in [1.29, 1.82) is 0 Å². The first-order valence-corrected chi connectivity index (χ1v) is 7.96. The summed E-state index contributed by atoms with van der Waals surface area (Å²) in [5, 5.41) is 3.39. The molecule has 0 aliphatic heterocycles. The Morgan fingerprint density at radius 2 is 2.10 bits per heavy atom. The summed E-state index contributed by atoms with van der Waals surface area (Å²) in [6.45, 7) is 0. The normalized spacial score (nSPS) is 16.7. The van der Waals surface area contributed by atoms with Crippen LogP contribution in [0, 0.1) is 0 Å². The Kier molecular flexibility index (Phi) is 4.18. The van der Waals surface area contributed by atoms with E-state index in [9.17, 15) is 0 Å². The minimum atomic E-state index is 0.130. The van der Waals surface area contributed by atoms with Crippen molar-refractivity contribution in [1.82, 2.24) is 10.3 Å². The molecule has 1 N–H and O–H groups in total. The first-order valence-electron chi connectivity index (χ1n) is 7.17. The molecule has 1 aliphatic rings. The summed E-state index contributed by atoms with van der Waals surface area (Å²) >= 11 is 3.60. The molecule has 0 radical (unpaired) electrons. The highest BCUT2D eigenvalue weighted by atomic mass is 79.9. The van der Waals surface area contributed by atoms with Crippen LogP contribution in [0.4, 0.5) is 0 Å². The Hall–Kier alpha value is -1.19. The average Bonchev–Trinajstić information content (AvgIpc) is 2.40. The van der Waals surface area contributed by atoms with Crippen LogP contribution in [0.2, 0.25) is 0 Å². The SMILES string of the molecule is CNC(c1cccc(C2CCC2)c1)c1ncccc1Br. The van der Waals surface area contributed by atoms with Crippen LogP contribution in [0.1, 0.15) is 48.0 Å². The first kappa shape index (κ1) is 13.8. The smallest absolute Gasteiger partial charge is 0.0760 e. The molecule has 1 aliphatic carbocycles. The predicted molar refractivity (Wildman–Crippen MR) is 85.9 cm³/mol. The van der Waals surface area contributed by atoms with E-state index >= 15 is 0 Å². The molecular formula is C17H19BrN2. The number of halogens is 1. The number of hydrogen-bond acceptors (Lipinski definition) is 2. The Balaban J connectivity index is 1.95. The Morgan fingerprint density at radius 1 is 1.25 bits per heavy atom. The first-order chi connectivity index (χ1) is 9.79. The number of hydrogen-bond donors (Lipinski definition) is 1. The minimum absolute atomic E-state index is 0.130. The molecule has 1 aromatic carbocycles. The van der Waals surface area contributed by atoms with Gasteiger partial charge in [0, 0.05) is 10.7 Å². The summed E-state index contributed by atoms with van der Waals surface area (Å²) in [7, 11) is 1.99. The molecular weight excluding hydrogens is 312 g/mol. The van der Waals surface area contributed by atoms with Crippen molar-refractivity contribution >= 4 is 15.9 Å². The third-order valence-corrected chi connectivity index (χ3v) is 4.84. The van der Waals surface area contributed by atoms with Crippen LogP contribution < -0.4 is 5.32 Å². The molecule has 0 saturated heterocycles. The van der Waals surface area contributed by atoms with Crippen molar-refractivity contribution in [2.45, 2.75) is 31.2 Å². The lowest BCUT2D eigenvalue weighted by atomic mass is 9.79. The van der Waals surface area contributed by atoms with E-state index in [2.05, 4.69) is 50.5 Å². The van der Waals surface area contributed by atoms with Gasteiger partial charge in [0.05, 0.1) is 11.7 Å². The molecule has 1 saturated carbocycles. The number of nitrogens with one attached hydrogen (secondary N) is 1. The second kappa shape index (κ2) is 6.06. The fraction of sp³-hybridized carbons (Fsp3) is 0.353. The van der Waals surface area contributed by atoms with Crippen LogP contribution in [-0.4, -0.2) is 12.0 Å². The molecule has 3 heteroatoms. The van der Waals surface area contributed by atoms with E-state index in [1.807, 2.05) is 25.4 Å². The molecule has 0 amide bonds. The molecule has 2 nitrogen and oxygen atoms in total. The largest absolute Gasteiger partial charge is 0.308 e. The van der Waals surface area contributed by atoms with Crippen molar-refractivity contribution in [2.24, 2.45) is 0 Å². The van der Waals surface area contributed by atoms with Crippen LogP contribution in [0.5, 0.6) is 0 Å². The van der Waals surface area contributed by atoms with Gasteiger partial charge in [-0.15, -0.1) is 0 Å². The zero-order valence-corrected chi connectivity index (χ0v) is 13.2. The summed E-state index contributed by atoms with van der Waals surface area (Å²) < 4.78 is 1.05. The standard InChI is InChI=1S/C17H19BrN2/c1-19-16(17-15(18)9-4-10-20-17)14-8-3-7-13(11-14)12-5-2-6-12/h3-4,7-12,16,19H,2,5-6H2,1H3. The van der Waals surface area contributed by atoms with Gasteiger partial charge >= 0.3 is 0 Å². The van der Waals surface area contributed by atoms with E-state index in [0.29, 0.717) is 0 Å². The quantitative estimate of drug-likeness (QED) is 0.897. The second-order valence-corrected chi connectivity index (χ2v) is 6.24. The number of benzene rings is 1. The molecule has 20 heavy (non-hydrogen) atoms. The maximum Gasteiger partial charge on any atom is 0.0760 e. The van der Waals surface area contributed by atoms with Gasteiger partial charge in [0.1, 0.15) is 0 Å². The molecule has 0 bridgehead atoms. The summed E-state index contributed by atoms with van der Waals surface area (Å²) in [6.07, 6.45) is 5.89. The maximum absolute atomic E-state index is 4.53. The van der Waals surface area contributed by atoms with Gasteiger partial charge in [0.15, 0.2) is 0 Å². The molecule has 1 aromatic heterocycles. The van der Waals surface area contributed by atoms with Gasteiger partial charge in [-0.05, 0) is 65.0 Å². The average molecular weight is 331 g/mol. The van der Waals surface area contributed by atoms with Crippen molar-refractivity contribution in [2.75, 3.05) is 7.05 Å². The van der Waals surface area contributed by atoms with Gasteiger partial charge in [-0.25, -0.2) is 0 Å². The molecule has 1 unspecified atom stereocenters. The van der Waals surface area contributed by atoms with Gasteiger partial charge < -0.3 is 5.32 Å². The van der Waals surface area contributed by atoms with E-state index in [0.717, 1.165) is 16.1 Å². The zero-order chi connectivity index (χ0) is 13.9. The fourth-order valence-corrected chi connectivity index (χ4v) is 3.29. The Bertz CT molecular complexity index is 593. The summed E-state index contributed by atoms with van der Waals surface area (Å²) in [4.78, 5) is 4.53. The Morgan fingerprint density at radius 3 is 2.75 bits per heavy atom. The number of rotatable bonds is 4. The monoisotopic (exact) mass is 330 g/mol. The van der Waals surface area contributed by atoms with Crippen LogP contribution in [0.25, 0.3) is 0 Å². The maximum atomic E-state index is 4.53. The van der Waals surface area contributed by atoms with Gasteiger partial charge in [0.2, 0.25) is 0 Å². The fourth-order valence-electron chi connectivity index (χ4n) is 2.81. The van der Waals surface area contributed by atoms with E-state index in [1.165, 1.54) is 30.4 Å². The third-order valence-electron chi connectivity index (χ3n) is 4.17.